The number of nitrogens with zero attached hydrogens (tertiary/aromatic N) is 3. The van der Waals surface area contributed by atoms with Crippen molar-refractivity contribution in [2.75, 3.05) is 52.0 Å². The van der Waals surface area contributed by atoms with Crippen LogP contribution in [0, 0.1) is 5.41 Å². The predicted molar refractivity (Wildman–Crippen MR) is 137 cm³/mol. The normalized spacial score (nSPS) is 16.2. The number of allylic oxidation sites excluding steroid dienone is 2. The zero-order valence-electron chi connectivity index (χ0n) is 19.5. The van der Waals surface area contributed by atoms with E-state index < -0.39 is 0 Å². The highest BCUT2D eigenvalue weighted by atomic mass is 32.1. The Morgan fingerprint density at radius 2 is 1.94 bits per heavy atom. The number of anilines is 1. The van der Waals surface area contributed by atoms with Gasteiger partial charge >= 0.3 is 0 Å². The summed E-state index contributed by atoms with van der Waals surface area (Å²) in [7, 11) is 3.42. The van der Waals surface area contributed by atoms with Crippen LogP contribution in [0.2, 0.25) is 0 Å². The average Bonchev–Trinajstić information content (AvgIpc) is 3.33. The van der Waals surface area contributed by atoms with Crippen LogP contribution in [0.15, 0.2) is 61.7 Å². The first-order chi connectivity index (χ1) is 17.0. The molecule has 2 aromatic heterocycles. The number of nitrogens with one attached hydrogen (secondary N) is 2. The topological polar surface area (TPSA) is 111 Å². The molecule has 2 aliphatic rings. The van der Waals surface area contributed by atoms with E-state index in [9.17, 15) is 9.59 Å². The number of morpholine rings is 1. The van der Waals surface area contributed by atoms with Crippen molar-refractivity contribution in [2.45, 2.75) is 0 Å². The third-order valence-corrected chi connectivity index (χ3v) is 7.07. The minimum atomic E-state index is -0.250. The van der Waals surface area contributed by atoms with Gasteiger partial charge in [0.2, 0.25) is 5.43 Å². The summed E-state index contributed by atoms with van der Waals surface area (Å²) in [6, 6.07) is 8.59. The molecule has 9 nitrogen and oxygen atoms in total. The van der Waals surface area contributed by atoms with Gasteiger partial charge in [0, 0.05) is 49.8 Å². The van der Waals surface area contributed by atoms with Crippen molar-refractivity contribution in [2.24, 2.45) is 4.99 Å². The standard InChI is InChI=1S/C25H25N5O4S/c1-27-25(32)16-6-4-3-5-15(16)22(26)19-11-18(28-14-29(19)2)17-13-35-24-20(31)12-21(34-23(17)24)30-7-9-33-10-8-30/h3-6,11-13,26H,7-10,14H2,1-2H3,(H,27,32). The Morgan fingerprint density at radius 3 is 2.69 bits per heavy atom. The number of hydrogen-bond acceptors (Lipinski definition) is 9. The SMILES string of the molecule is CNC(=O)c1ccccc1C(=N)C1=CC(c2csc3c(=O)cc(N4CCOCC4)oc23)=NCN1C. The Morgan fingerprint density at radius 1 is 1.20 bits per heavy atom. The van der Waals surface area contributed by atoms with Gasteiger partial charge in [-0.25, -0.2) is 0 Å². The van der Waals surface area contributed by atoms with Crippen molar-refractivity contribution in [3.63, 3.8) is 0 Å². The van der Waals surface area contributed by atoms with E-state index in [0.29, 0.717) is 71.7 Å². The van der Waals surface area contributed by atoms with Crippen LogP contribution in [0.5, 0.6) is 0 Å². The van der Waals surface area contributed by atoms with Crippen LogP contribution < -0.4 is 15.6 Å². The quantitative estimate of drug-likeness (QED) is 0.531. The molecule has 0 atom stereocenters. The number of fused-ring (bicyclic) bond motifs is 1. The Kier molecular flexibility index (Phi) is 6.23. The van der Waals surface area contributed by atoms with Crippen molar-refractivity contribution in [3.05, 3.63) is 74.4 Å². The van der Waals surface area contributed by atoms with Crippen molar-refractivity contribution >= 4 is 44.8 Å². The zero-order chi connectivity index (χ0) is 24.5. The van der Waals surface area contributed by atoms with Gasteiger partial charge in [-0.05, 0) is 12.1 Å². The maximum atomic E-state index is 12.8. The van der Waals surface area contributed by atoms with Gasteiger partial charge in [-0.2, -0.15) is 0 Å². The summed E-state index contributed by atoms with van der Waals surface area (Å²) in [5.74, 6) is 0.273. The highest BCUT2D eigenvalue weighted by molar-refractivity contribution is 7.17. The maximum Gasteiger partial charge on any atom is 0.251 e. The Bertz CT molecular complexity index is 1430. The highest BCUT2D eigenvalue weighted by Crippen LogP contribution is 2.30. The van der Waals surface area contributed by atoms with Gasteiger partial charge < -0.3 is 24.3 Å². The number of hydrogen-bond donors (Lipinski definition) is 2. The van der Waals surface area contributed by atoms with Gasteiger partial charge in [0.05, 0.1) is 35.9 Å². The number of aliphatic imine (C=N–C) groups is 1. The number of rotatable bonds is 5. The molecule has 5 rings (SSSR count). The maximum absolute atomic E-state index is 12.8. The summed E-state index contributed by atoms with van der Waals surface area (Å²) in [5.41, 5.74) is 3.56. The number of thiophene rings is 1. The average molecular weight is 492 g/mol. The molecular formula is C25H25N5O4S. The van der Waals surface area contributed by atoms with Gasteiger partial charge in [-0.1, -0.05) is 18.2 Å². The lowest BCUT2D eigenvalue weighted by Crippen LogP contribution is -2.36. The molecule has 4 heterocycles. The van der Waals surface area contributed by atoms with Crippen molar-refractivity contribution in [1.29, 1.82) is 5.41 Å². The summed E-state index contributed by atoms with van der Waals surface area (Å²) in [6.45, 7) is 2.82. The second kappa shape index (κ2) is 9.47. The molecule has 1 saturated heterocycles. The molecular weight excluding hydrogens is 466 g/mol. The van der Waals surface area contributed by atoms with E-state index in [2.05, 4.69) is 10.3 Å². The summed E-state index contributed by atoms with van der Waals surface area (Å²) in [4.78, 5) is 33.8. The number of ether oxygens (including phenoxy) is 1. The minimum Gasteiger partial charge on any atom is -0.439 e. The molecule has 0 radical (unpaired) electrons. The number of carbonyl (C=O) groups excluding carboxylic acids is 1. The van der Waals surface area contributed by atoms with E-state index >= 15 is 0 Å². The Labute approximate surface area is 205 Å². The molecule has 1 amide bonds. The number of likely N-dealkylation sites (N-methyl/N-ethyl adjacent to an activating group) is 1. The second-order valence-corrected chi connectivity index (χ2v) is 9.15. The van der Waals surface area contributed by atoms with Crippen LogP contribution in [-0.2, 0) is 4.74 Å². The fraction of sp³-hybridized carbons (Fsp3) is 0.280. The van der Waals surface area contributed by atoms with Gasteiger partial charge in [-0.15, -0.1) is 11.3 Å². The monoisotopic (exact) mass is 491 g/mol. The smallest absolute Gasteiger partial charge is 0.251 e. The molecule has 0 saturated carbocycles. The molecule has 2 aliphatic heterocycles. The van der Waals surface area contributed by atoms with E-state index in [4.69, 9.17) is 14.6 Å². The summed E-state index contributed by atoms with van der Waals surface area (Å²) < 4.78 is 12.2. The van der Waals surface area contributed by atoms with E-state index in [-0.39, 0.29) is 17.0 Å². The molecule has 0 unspecified atom stereocenters. The lowest BCUT2D eigenvalue weighted by atomic mass is 9.98. The van der Waals surface area contributed by atoms with Crippen molar-refractivity contribution in [1.82, 2.24) is 10.2 Å². The Balaban J connectivity index is 1.55. The highest BCUT2D eigenvalue weighted by Gasteiger charge is 2.24. The first-order valence-corrected chi connectivity index (χ1v) is 12.1. The fourth-order valence-electron chi connectivity index (χ4n) is 4.19. The lowest BCUT2D eigenvalue weighted by molar-refractivity contribution is 0.0963. The van der Waals surface area contributed by atoms with Crippen molar-refractivity contribution < 1.29 is 13.9 Å². The van der Waals surface area contributed by atoms with E-state index in [1.807, 2.05) is 34.4 Å². The van der Waals surface area contributed by atoms with Gasteiger partial charge in [0.1, 0.15) is 11.4 Å². The molecule has 1 fully saturated rings. The van der Waals surface area contributed by atoms with Crippen LogP contribution in [-0.4, -0.2) is 69.3 Å². The summed E-state index contributed by atoms with van der Waals surface area (Å²) in [6.07, 6.45) is 1.81. The molecule has 180 valence electrons. The van der Waals surface area contributed by atoms with Crippen LogP contribution in [0.1, 0.15) is 21.5 Å². The van der Waals surface area contributed by atoms with Gasteiger partial charge in [0.15, 0.2) is 11.5 Å². The number of benzene rings is 1. The van der Waals surface area contributed by atoms with Crippen LogP contribution in [0.25, 0.3) is 10.3 Å². The summed E-state index contributed by atoms with van der Waals surface area (Å²) >= 11 is 1.33. The zero-order valence-corrected chi connectivity index (χ0v) is 20.3. The van der Waals surface area contributed by atoms with Crippen molar-refractivity contribution in [3.8, 4) is 0 Å². The molecule has 1 aromatic carbocycles. The first kappa shape index (κ1) is 23.0. The molecule has 35 heavy (non-hydrogen) atoms. The second-order valence-electron chi connectivity index (χ2n) is 8.27. The number of amides is 1. The minimum absolute atomic E-state index is 0.0889. The predicted octanol–water partition coefficient (Wildman–Crippen LogP) is 2.69. The van der Waals surface area contributed by atoms with Crippen LogP contribution >= 0.6 is 11.3 Å². The molecule has 0 aliphatic carbocycles. The Hall–Kier alpha value is -3.76. The fourth-order valence-corrected chi connectivity index (χ4v) is 5.09. The van der Waals surface area contributed by atoms with Crippen LogP contribution in [0.3, 0.4) is 0 Å². The molecule has 10 heteroatoms. The van der Waals surface area contributed by atoms with Gasteiger partial charge in [-0.3, -0.25) is 20.0 Å². The molecule has 0 spiro atoms. The number of carbonyl (C=O) groups is 1. The lowest BCUT2D eigenvalue weighted by Gasteiger charge is -2.27. The summed E-state index contributed by atoms with van der Waals surface area (Å²) in [5, 5.41) is 13.4. The first-order valence-electron chi connectivity index (χ1n) is 11.2. The third kappa shape index (κ3) is 4.26. The third-order valence-electron chi connectivity index (χ3n) is 6.09. The van der Waals surface area contributed by atoms with E-state index in [1.165, 1.54) is 17.4 Å². The van der Waals surface area contributed by atoms with E-state index in [0.717, 1.165) is 5.56 Å². The molecule has 3 aromatic rings. The molecule has 0 bridgehead atoms. The molecule has 2 N–H and O–H groups in total. The van der Waals surface area contributed by atoms with Crippen LogP contribution in [0.4, 0.5) is 5.88 Å². The van der Waals surface area contributed by atoms with E-state index in [1.54, 1.807) is 25.2 Å². The van der Waals surface area contributed by atoms with Gasteiger partial charge in [0.25, 0.3) is 5.91 Å². The largest absolute Gasteiger partial charge is 0.439 e.